The second-order valence-corrected chi connectivity index (χ2v) is 5.35. The number of benzene rings is 2. The van der Waals surface area contributed by atoms with Gasteiger partial charge in [-0.3, -0.25) is 0 Å². The van der Waals surface area contributed by atoms with Gasteiger partial charge in [-0.2, -0.15) is 0 Å². The van der Waals surface area contributed by atoms with Crippen molar-refractivity contribution < 1.29 is 14.1 Å². The number of rotatable bonds is 5. The van der Waals surface area contributed by atoms with Crippen LogP contribution in [0.25, 0.3) is 0 Å². The zero-order chi connectivity index (χ0) is 13.7. The van der Waals surface area contributed by atoms with Crippen LogP contribution in [0.5, 0.6) is 5.75 Å². The fourth-order valence-corrected chi connectivity index (χ4v) is 2.76. The first kappa shape index (κ1) is 13.6. The summed E-state index contributed by atoms with van der Waals surface area (Å²) < 4.78 is 16.9. The normalized spacial score (nSPS) is 14.2. The maximum atomic E-state index is 11.8. The molecule has 0 aliphatic carbocycles. The third-order valence-corrected chi connectivity index (χ3v) is 4.37. The van der Waals surface area contributed by atoms with Gasteiger partial charge in [-0.1, -0.05) is 42.5 Å². The Kier molecular flexibility index (Phi) is 4.18. The summed E-state index contributed by atoms with van der Waals surface area (Å²) in [5.41, 5.74) is 1.47. The second-order valence-electron chi connectivity index (χ2n) is 4.20. The Bertz CT molecular complexity index is 556. The van der Waals surface area contributed by atoms with Gasteiger partial charge >= 0.3 is 0 Å². The highest BCUT2D eigenvalue weighted by Crippen LogP contribution is 2.40. The quantitative estimate of drug-likeness (QED) is 0.622. The van der Waals surface area contributed by atoms with Gasteiger partial charge in [-0.05, 0) is 23.3 Å². The van der Waals surface area contributed by atoms with Gasteiger partial charge in [0.1, 0.15) is 17.2 Å². The molecule has 0 N–H and O–H groups in total. The largest absolute Gasteiger partial charge is 0.497 e. The molecule has 0 radical (unpaired) electrons. The number of carbonyl (C=O) groups is 1. The molecule has 0 aliphatic rings. The molecule has 0 saturated carbocycles. The van der Waals surface area contributed by atoms with E-state index in [2.05, 4.69) is 0 Å². The van der Waals surface area contributed by atoms with E-state index < -0.39 is 13.6 Å². The number of carbonyl (C=O) groups excluding carboxylic acids is 1. The lowest BCUT2D eigenvalue weighted by molar-refractivity contribution is -0.109. The Morgan fingerprint density at radius 1 is 1.00 bits per heavy atom. The Morgan fingerprint density at radius 3 is 2.05 bits per heavy atom. The molecule has 0 saturated heterocycles. The number of ether oxygens (including phenoxy) is 1. The van der Waals surface area contributed by atoms with Crippen LogP contribution in [-0.2, 0) is 14.5 Å². The third-order valence-electron chi connectivity index (χ3n) is 3.19. The molecule has 2 unspecified atom stereocenters. The molecule has 4 heteroatoms. The predicted octanol–water partition coefficient (Wildman–Crippen LogP) is 2.89. The van der Waals surface area contributed by atoms with E-state index in [-0.39, 0.29) is 0 Å². The van der Waals surface area contributed by atoms with Gasteiger partial charge in [0, 0.05) is 0 Å². The van der Waals surface area contributed by atoms with Crippen LogP contribution in [0.15, 0.2) is 54.6 Å². The Balaban J connectivity index is 2.55. The molecule has 0 amide bonds. The van der Waals surface area contributed by atoms with Crippen molar-refractivity contribution in [3.05, 3.63) is 65.7 Å². The number of aldehydes is 1. The molecule has 0 heterocycles. The van der Waals surface area contributed by atoms with Crippen molar-refractivity contribution in [2.75, 3.05) is 7.11 Å². The van der Waals surface area contributed by atoms with E-state index in [1.165, 1.54) is 0 Å². The zero-order valence-electron chi connectivity index (χ0n) is 10.6. The Hall–Kier alpha value is -1.86. The Labute approximate surface area is 113 Å². The molecular formula is C15H15O3P. The van der Waals surface area contributed by atoms with Gasteiger partial charge in [0.15, 0.2) is 0 Å². The first-order chi connectivity index (χ1) is 9.26. The SMILES string of the molecule is COc1ccc(C(C=O)([PH2]=O)c2ccccc2)cc1. The first-order valence-corrected chi connectivity index (χ1v) is 6.94. The van der Waals surface area contributed by atoms with Crippen molar-refractivity contribution in [2.24, 2.45) is 0 Å². The monoisotopic (exact) mass is 274 g/mol. The molecule has 0 fully saturated rings. The van der Waals surface area contributed by atoms with Gasteiger partial charge in [-0.25, -0.2) is 0 Å². The molecule has 0 bridgehead atoms. The summed E-state index contributed by atoms with van der Waals surface area (Å²) in [7, 11) is 0.261. The van der Waals surface area contributed by atoms with E-state index >= 15 is 0 Å². The summed E-state index contributed by atoms with van der Waals surface area (Å²) in [5, 5.41) is -1.05. The minimum absolute atomic E-state index is 0.706. The highest BCUT2D eigenvalue weighted by Gasteiger charge is 2.32. The molecule has 0 aromatic heterocycles. The fraction of sp³-hybridized carbons (Fsp3) is 0.133. The van der Waals surface area contributed by atoms with E-state index in [0.29, 0.717) is 5.75 Å². The van der Waals surface area contributed by atoms with E-state index in [4.69, 9.17) is 4.74 Å². The van der Waals surface area contributed by atoms with Crippen LogP contribution >= 0.6 is 8.46 Å². The lowest BCUT2D eigenvalue weighted by atomic mass is 9.91. The molecule has 2 atom stereocenters. The first-order valence-electron chi connectivity index (χ1n) is 5.89. The molecule has 0 spiro atoms. The lowest BCUT2D eigenvalue weighted by Crippen LogP contribution is -2.22. The van der Waals surface area contributed by atoms with Crippen LogP contribution in [-0.4, -0.2) is 13.4 Å². The highest BCUT2D eigenvalue weighted by molar-refractivity contribution is 7.27. The minimum atomic E-state index is -1.32. The summed E-state index contributed by atoms with van der Waals surface area (Å²) in [6, 6.07) is 16.3. The lowest BCUT2D eigenvalue weighted by Gasteiger charge is -2.23. The maximum Gasteiger partial charge on any atom is 0.141 e. The molecule has 2 aromatic carbocycles. The second kappa shape index (κ2) is 5.85. The zero-order valence-corrected chi connectivity index (χ0v) is 11.7. The van der Waals surface area contributed by atoms with Crippen molar-refractivity contribution in [2.45, 2.75) is 5.16 Å². The minimum Gasteiger partial charge on any atom is -0.497 e. The number of methoxy groups -OCH3 is 1. The van der Waals surface area contributed by atoms with Crippen LogP contribution in [0.2, 0.25) is 0 Å². The van der Waals surface area contributed by atoms with Gasteiger partial charge < -0.3 is 14.1 Å². The van der Waals surface area contributed by atoms with E-state index in [9.17, 15) is 9.36 Å². The van der Waals surface area contributed by atoms with E-state index in [0.717, 1.165) is 17.4 Å². The average molecular weight is 274 g/mol. The molecule has 2 rings (SSSR count). The summed E-state index contributed by atoms with van der Waals surface area (Å²) in [6.45, 7) is 0. The fourth-order valence-electron chi connectivity index (χ4n) is 2.05. The molecule has 2 aromatic rings. The molecule has 19 heavy (non-hydrogen) atoms. The number of hydrogen-bond acceptors (Lipinski definition) is 3. The van der Waals surface area contributed by atoms with Gasteiger partial charge in [0.05, 0.1) is 15.6 Å². The molecule has 0 aliphatic heterocycles. The summed E-state index contributed by atoms with van der Waals surface area (Å²) >= 11 is 0. The van der Waals surface area contributed by atoms with E-state index in [1.54, 1.807) is 31.4 Å². The standard InChI is InChI=1S/C15H15O3P/c1-18-14-9-7-13(8-10-14)15(11-16,19-17)12-5-3-2-4-6-12/h2-11H,19H2,1H3. The molecule has 98 valence electrons. The van der Waals surface area contributed by atoms with E-state index in [1.807, 2.05) is 30.3 Å². The predicted molar refractivity (Wildman–Crippen MR) is 76.7 cm³/mol. The van der Waals surface area contributed by atoms with Gasteiger partial charge in [0.25, 0.3) is 0 Å². The van der Waals surface area contributed by atoms with Crippen molar-refractivity contribution in [1.82, 2.24) is 0 Å². The third kappa shape index (κ3) is 2.47. The maximum absolute atomic E-state index is 11.8. The summed E-state index contributed by atoms with van der Waals surface area (Å²) in [6.07, 6.45) is 0.770. The highest BCUT2D eigenvalue weighted by atomic mass is 31.1. The van der Waals surface area contributed by atoms with Crippen molar-refractivity contribution in [3.63, 3.8) is 0 Å². The van der Waals surface area contributed by atoms with Gasteiger partial charge in [-0.15, -0.1) is 0 Å². The molecule has 3 nitrogen and oxygen atoms in total. The smallest absolute Gasteiger partial charge is 0.141 e. The van der Waals surface area contributed by atoms with Crippen molar-refractivity contribution in [1.29, 1.82) is 0 Å². The van der Waals surface area contributed by atoms with Gasteiger partial charge in [0.2, 0.25) is 0 Å². The summed E-state index contributed by atoms with van der Waals surface area (Å²) in [5.74, 6) is 0.706. The van der Waals surface area contributed by atoms with Crippen LogP contribution in [0, 0.1) is 0 Å². The topological polar surface area (TPSA) is 43.4 Å². The summed E-state index contributed by atoms with van der Waals surface area (Å²) in [4.78, 5) is 11.6. The van der Waals surface area contributed by atoms with Crippen LogP contribution in [0.1, 0.15) is 11.1 Å². The van der Waals surface area contributed by atoms with Crippen LogP contribution in [0.3, 0.4) is 0 Å². The number of hydrogen-bond donors (Lipinski definition) is 0. The van der Waals surface area contributed by atoms with Crippen LogP contribution in [0.4, 0.5) is 0 Å². The average Bonchev–Trinajstić information content (AvgIpc) is 2.51. The van der Waals surface area contributed by atoms with Crippen LogP contribution < -0.4 is 4.74 Å². The Morgan fingerprint density at radius 2 is 1.58 bits per heavy atom. The molecular weight excluding hydrogens is 259 g/mol. The van der Waals surface area contributed by atoms with Crippen molar-refractivity contribution >= 4 is 14.7 Å². The van der Waals surface area contributed by atoms with Crippen molar-refractivity contribution in [3.8, 4) is 5.75 Å².